The van der Waals surface area contributed by atoms with Gasteiger partial charge in [0.1, 0.15) is 23.0 Å². The number of carbonyl (C=O) groups is 2. The summed E-state index contributed by atoms with van der Waals surface area (Å²) in [5.41, 5.74) is 7.65. The number of sulfone groups is 1. The van der Waals surface area contributed by atoms with E-state index in [9.17, 15) is 18.0 Å². The van der Waals surface area contributed by atoms with Gasteiger partial charge >= 0.3 is 0 Å². The van der Waals surface area contributed by atoms with E-state index < -0.39 is 27.4 Å². The van der Waals surface area contributed by atoms with Gasteiger partial charge in [0.15, 0.2) is 9.84 Å². The van der Waals surface area contributed by atoms with Crippen LogP contribution in [0.15, 0.2) is 34.6 Å². The lowest BCUT2D eigenvalue weighted by Crippen LogP contribution is -2.76. The molecule has 232 valence electrons. The molecule has 2 amide bonds. The van der Waals surface area contributed by atoms with Crippen LogP contribution in [-0.4, -0.2) is 105 Å². The van der Waals surface area contributed by atoms with Crippen LogP contribution in [0.3, 0.4) is 0 Å². The van der Waals surface area contributed by atoms with Crippen LogP contribution >= 0.6 is 0 Å². The van der Waals surface area contributed by atoms with Gasteiger partial charge in [-0.25, -0.2) is 8.42 Å². The first-order chi connectivity index (χ1) is 19.9. The molecule has 0 spiro atoms. The summed E-state index contributed by atoms with van der Waals surface area (Å²) < 4.78 is 31.9. The summed E-state index contributed by atoms with van der Waals surface area (Å²) in [7, 11) is -0.600. The van der Waals surface area contributed by atoms with Crippen LogP contribution in [0.25, 0.3) is 0 Å². The number of amides is 2. The molecule has 0 aromatic heterocycles. The Morgan fingerprint density at radius 2 is 1.95 bits per heavy atom. The summed E-state index contributed by atoms with van der Waals surface area (Å²) in [6.45, 7) is 6.40. The molecule has 13 nitrogen and oxygen atoms in total. The van der Waals surface area contributed by atoms with E-state index in [4.69, 9.17) is 10.5 Å². The predicted octanol–water partition coefficient (Wildman–Crippen LogP) is 0.128. The Kier molecular flexibility index (Phi) is 8.50. The Morgan fingerprint density at radius 1 is 1.21 bits per heavy atom. The number of ether oxygens (including phenoxy) is 1. The summed E-state index contributed by atoms with van der Waals surface area (Å²) in [5, 5.41) is 12.6. The monoisotopic (exact) mass is 604 g/mol. The summed E-state index contributed by atoms with van der Waals surface area (Å²) in [6.07, 6.45) is 5.35. The maximum Gasteiger partial charge on any atom is 0.275 e. The summed E-state index contributed by atoms with van der Waals surface area (Å²) >= 11 is 0. The molecule has 2 fully saturated rings. The number of carbonyl (C=O) groups excluding carboxylic acids is 2. The molecule has 6 N–H and O–H groups in total. The van der Waals surface area contributed by atoms with Crippen LogP contribution in [0.1, 0.15) is 46.0 Å². The number of benzene rings is 1. The van der Waals surface area contributed by atoms with Gasteiger partial charge in [-0.05, 0) is 38.3 Å². The Balaban J connectivity index is 1.37. The van der Waals surface area contributed by atoms with Crippen molar-refractivity contribution in [1.29, 1.82) is 0 Å². The van der Waals surface area contributed by atoms with Crippen molar-refractivity contribution in [2.75, 3.05) is 51.4 Å². The SMILES string of the molecule is CCC1CN(C)C2=C(N[C@@](N)(Nc3ccc(S(=O)(=O)CC(=O)N4CCNC(C)C4)cc3OC)NC2=O)N1C1CCCC1. The first kappa shape index (κ1) is 30.2. The number of nitrogens with two attached hydrogens (primary N) is 1. The van der Waals surface area contributed by atoms with Crippen molar-refractivity contribution < 1.29 is 22.7 Å². The second-order valence-electron chi connectivity index (χ2n) is 11.8. The Hall–Kier alpha value is -3.23. The highest BCUT2D eigenvalue weighted by molar-refractivity contribution is 7.92. The molecule has 1 saturated carbocycles. The second-order valence-corrected chi connectivity index (χ2v) is 13.8. The number of rotatable bonds is 8. The quantitative estimate of drug-likeness (QED) is 0.257. The summed E-state index contributed by atoms with van der Waals surface area (Å²) in [6, 6.07) is 4.97. The fourth-order valence-corrected chi connectivity index (χ4v) is 7.81. The van der Waals surface area contributed by atoms with E-state index in [0.29, 0.717) is 42.9 Å². The maximum absolute atomic E-state index is 13.4. The smallest absolute Gasteiger partial charge is 0.275 e. The topological polar surface area (TPSA) is 161 Å². The molecule has 14 heteroatoms. The van der Waals surface area contributed by atoms with Gasteiger partial charge in [0, 0.05) is 57.4 Å². The molecule has 1 aliphatic carbocycles. The number of hydrogen-bond donors (Lipinski definition) is 5. The van der Waals surface area contributed by atoms with Gasteiger partial charge in [-0.2, -0.15) is 0 Å². The van der Waals surface area contributed by atoms with Gasteiger partial charge in [0.2, 0.25) is 11.8 Å². The third-order valence-corrected chi connectivity index (χ3v) is 10.3. The van der Waals surface area contributed by atoms with E-state index in [1.165, 1.54) is 25.3 Å². The normalized spacial score (nSPS) is 27.0. The van der Waals surface area contributed by atoms with Gasteiger partial charge in [-0.15, -0.1) is 0 Å². The van der Waals surface area contributed by atoms with Crippen molar-refractivity contribution in [3.63, 3.8) is 0 Å². The minimum Gasteiger partial charge on any atom is -0.495 e. The first-order valence-electron chi connectivity index (χ1n) is 14.8. The number of nitrogens with one attached hydrogen (secondary N) is 4. The predicted molar refractivity (Wildman–Crippen MR) is 159 cm³/mol. The highest BCUT2D eigenvalue weighted by Gasteiger charge is 2.46. The number of likely N-dealkylation sites (N-methyl/N-ethyl adjacent to an activating group) is 1. The average molecular weight is 605 g/mol. The van der Waals surface area contributed by atoms with E-state index in [1.807, 2.05) is 18.9 Å². The van der Waals surface area contributed by atoms with E-state index in [-0.39, 0.29) is 28.6 Å². The highest BCUT2D eigenvalue weighted by Crippen LogP contribution is 2.36. The van der Waals surface area contributed by atoms with Crippen LogP contribution in [0, 0.1) is 0 Å². The van der Waals surface area contributed by atoms with Gasteiger partial charge in [0.25, 0.3) is 5.91 Å². The molecule has 2 unspecified atom stereocenters. The lowest BCUT2D eigenvalue weighted by atomic mass is 10.0. The molecule has 0 radical (unpaired) electrons. The molecule has 3 atom stereocenters. The zero-order chi connectivity index (χ0) is 30.2. The number of hydrogen-bond acceptors (Lipinski definition) is 11. The fourth-order valence-electron chi connectivity index (χ4n) is 6.57. The van der Waals surface area contributed by atoms with Gasteiger partial charge in [0.05, 0.1) is 17.7 Å². The van der Waals surface area contributed by atoms with Gasteiger partial charge in [-0.1, -0.05) is 19.8 Å². The Bertz CT molecular complexity index is 1350. The van der Waals surface area contributed by atoms with Crippen LogP contribution in [-0.2, 0) is 19.4 Å². The van der Waals surface area contributed by atoms with E-state index >= 15 is 0 Å². The molecular weight excluding hydrogens is 560 g/mol. The van der Waals surface area contributed by atoms with Crippen molar-refractivity contribution in [2.45, 2.75) is 74.9 Å². The first-order valence-corrected chi connectivity index (χ1v) is 16.4. The maximum atomic E-state index is 13.4. The van der Waals surface area contributed by atoms with Crippen molar-refractivity contribution in [3.8, 4) is 5.75 Å². The molecule has 3 aliphatic heterocycles. The molecule has 1 aromatic carbocycles. The molecule has 42 heavy (non-hydrogen) atoms. The van der Waals surface area contributed by atoms with Gasteiger partial charge < -0.3 is 35.4 Å². The largest absolute Gasteiger partial charge is 0.495 e. The van der Waals surface area contributed by atoms with Crippen LogP contribution in [0.2, 0.25) is 0 Å². The van der Waals surface area contributed by atoms with Crippen LogP contribution in [0.4, 0.5) is 5.69 Å². The fraction of sp³-hybridized carbons (Fsp3) is 0.643. The lowest BCUT2D eigenvalue weighted by Gasteiger charge is -2.52. The highest BCUT2D eigenvalue weighted by atomic mass is 32.2. The molecule has 0 bridgehead atoms. The average Bonchev–Trinajstić information content (AvgIpc) is 3.46. The standard InChI is InChI=1S/C28H44N8O5S/c1-5-19-16-34(3)25-26(36(19)20-8-6-7-9-20)32-28(29,33-27(25)38)31-22-11-10-21(14-23(22)41-4)42(39,40)17-24(37)35-13-12-30-18(2)15-35/h10-11,14,18-20,30-32H,5-9,12-13,15-17,29H2,1-4H3,(H,33,38)/t18?,19?,28-/m1/s1. The minimum atomic E-state index is -3.94. The summed E-state index contributed by atoms with van der Waals surface area (Å²) in [4.78, 5) is 32.1. The van der Waals surface area contributed by atoms with Crippen molar-refractivity contribution in [2.24, 2.45) is 5.73 Å². The third kappa shape index (κ3) is 5.97. The van der Waals surface area contributed by atoms with Crippen LogP contribution < -0.4 is 31.7 Å². The third-order valence-electron chi connectivity index (χ3n) is 8.67. The molecular formula is C28H44N8O5S. The summed E-state index contributed by atoms with van der Waals surface area (Å²) in [5.74, 6) is -2.05. The molecule has 1 aromatic rings. The zero-order valence-corrected chi connectivity index (χ0v) is 25.7. The number of piperazine rings is 1. The van der Waals surface area contributed by atoms with E-state index in [1.54, 1.807) is 4.90 Å². The molecule has 5 rings (SSSR count). The number of anilines is 1. The van der Waals surface area contributed by atoms with Crippen molar-refractivity contribution >= 4 is 27.3 Å². The van der Waals surface area contributed by atoms with Crippen molar-refractivity contribution in [3.05, 3.63) is 29.7 Å². The second kappa shape index (κ2) is 11.8. The Labute approximate surface area is 248 Å². The van der Waals surface area contributed by atoms with E-state index in [2.05, 4.69) is 33.1 Å². The van der Waals surface area contributed by atoms with Gasteiger partial charge in [-0.3, -0.25) is 20.6 Å². The number of methoxy groups -OCH3 is 1. The Morgan fingerprint density at radius 3 is 2.62 bits per heavy atom. The number of nitrogens with zero attached hydrogens (tertiary/aromatic N) is 3. The van der Waals surface area contributed by atoms with E-state index in [0.717, 1.165) is 38.6 Å². The lowest BCUT2D eigenvalue weighted by molar-refractivity contribution is -0.129. The minimum absolute atomic E-state index is 0.0368. The molecule has 3 heterocycles. The zero-order valence-electron chi connectivity index (χ0n) is 24.9. The van der Waals surface area contributed by atoms with Crippen LogP contribution in [0.5, 0.6) is 5.75 Å². The van der Waals surface area contributed by atoms with Crippen molar-refractivity contribution in [1.82, 2.24) is 30.7 Å². The molecule has 4 aliphatic rings. The molecule has 1 saturated heterocycles.